The van der Waals surface area contributed by atoms with Crippen molar-refractivity contribution in [3.63, 3.8) is 0 Å². The molecule has 2 aromatic rings. The van der Waals surface area contributed by atoms with Crippen LogP contribution in [0.1, 0.15) is 56.2 Å². The summed E-state index contributed by atoms with van der Waals surface area (Å²) < 4.78 is 10.9. The van der Waals surface area contributed by atoms with Gasteiger partial charge >= 0.3 is 0 Å². The van der Waals surface area contributed by atoms with Crippen LogP contribution in [0.4, 0.5) is 0 Å². The lowest BCUT2D eigenvalue weighted by Gasteiger charge is -2.11. The number of nitrogens with one attached hydrogen (secondary N) is 2. The molecule has 0 aliphatic carbocycles. The van der Waals surface area contributed by atoms with Gasteiger partial charge in [0.15, 0.2) is 11.7 Å². The maximum atomic E-state index is 5.61. The van der Waals surface area contributed by atoms with Gasteiger partial charge in [-0.3, -0.25) is 4.99 Å². The summed E-state index contributed by atoms with van der Waals surface area (Å²) in [6, 6.07) is 10.4. The smallest absolute Gasteiger partial charge is 0.191 e. The Balaban J connectivity index is 0.00000364. The van der Waals surface area contributed by atoms with Gasteiger partial charge in [-0.15, -0.1) is 24.0 Å². The molecule has 0 atom stereocenters. The number of aliphatic imine (C=N–C) groups is 1. The first-order valence-electron chi connectivity index (χ1n) is 9.07. The number of ether oxygens (including phenoxy) is 1. The van der Waals surface area contributed by atoms with Crippen LogP contribution in [-0.2, 0) is 24.4 Å². The second-order valence-electron chi connectivity index (χ2n) is 6.83. The van der Waals surface area contributed by atoms with Gasteiger partial charge in [-0.05, 0) is 30.9 Å². The van der Waals surface area contributed by atoms with Crippen LogP contribution in [0.3, 0.4) is 0 Å². The van der Waals surface area contributed by atoms with Gasteiger partial charge in [-0.2, -0.15) is 0 Å². The predicted octanol–water partition coefficient (Wildman–Crippen LogP) is 4.21. The Kier molecular flexibility index (Phi) is 10.4. The van der Waals surface area contributed by atoms with E-state index in [2.05, 4.69) is 58.9 Å². The fourth-order valence-electron chi connectivity index (χ4n) is 2.28. The first-order chi connectivity index (χ1) is 12.5. The summed E-state index contributed by atoms with van der Waals surface area (Å²) in [5.74, 6) is 1.88. The summed E-state index contributed by atoms with van der Waals surface area (Å²) >= 11 is 0. The lowest BCUT2D eigenvalue weighted by Crippen LogP contribution is -2.36. The van der Waals surface area contributed by atoms with E-state index in [9.17, 15) is 0 Å². The molecule has 7 heteroatoms. The van der Waals surface area contributed by atoms with Crippen LogP contribution in [0.5, 0.6) is 0 Å². The number of halogens is 1. The molecule has 150 valence electrons. The molecule has 0 radical (unpaired) electrons. The summed E-state index contributed by atoms with van der Waals surface area (Å²) in [6.07, 6.45) is 0.242. The number of guanidine groups is 1. The van der Waals surface area contributed by atoms with Gasteiger partial charge in [-0.25, -0.2) is 0 Å². The number of nitrogens with zero attached hydrogens (tertiary/aromatic N) is 2. The molecule has 0 saturated carbocycles. The highest BCUT2D eigenvalue weighted by Crippen LogP contribution is 2.13. The maximum absolute atomic E-state index is 5.61. The Bertz CT molecular complexity index is 696. The molecule has 1 aromatic heterocycles. The van der Waals surface area contributed by atoms with Gasteiger partial charge in [0.2, 0.25) is 0 Å². The van der Waals surface area contributed by atoms with E-state index in [4.69, 9.17) is 9.26 Å². The van der Waals surface area contributed by atoms with Gasteiger partial charge < -0.3 is 19.9 Å². The van der Waals surface area contributed by atoms with Crippen LogP contribution in [-0.4, -0.2) is 24.3 Å². The van der Waals surface area contributed by atoms with Crippen molar-refractivity contribution >= 4 is 29.9 Å². The molecule has 0 unspecified atom stereocenters. The average Bonchev–Trinajstić information content (AvgIpc) is 3.10. The van der Waals surface area contributed by atoms with Crippen LogP contribution < -0.4 is 10.6 Å². The summed E-state index contributed by atoms with van der Waals surface area (Å²) in [5.41, 5.74) is 3.32. The average molecular weight is 486 g/mol. The number of rotatable bonds is 8. The van der Waals surface area contributed by atoms with Crippen molar-refractivity contribution in [2.24, 2.45) is 4.99 Å². The SMILES string of the molecule is CN=C(NCc1ccc(COC(C)C)cc1)NCc1cc(C(C)C)no1.I. The van der Waals surface area contributed by atoms with Gasteiger partial charge in [0.25, 0.3) is 0 Å². The number of aromatic nitrogens is 1. The van der Waals surface area contributed by atoms with Crippen molar-refractivity contribution < 1.29 is 9.26 Å². The molecule has 2 N–H and O–H groups in total. The summed E-state index contributed by atoms with van der Waals surface area (Å²) in [6.45, 7) is 10.2. The van der Waals surface area contributed by atoms with Crippen molar-refractivity contribution in [1.82, 2.24) is 15.8 Å². The minimum absolute atomic E-state index is 0. The highest BCUT2D eigenvalue weighted by molar-refractivity contribution is 14.0. The number of hydrogen-bond donors (Lipinski definition) is 2. The molecule has 1 heterocycles. The summed E-state index contributed by atoms with van der Waals surface area (Å²) in [7, 11) is 1.75. The minimum Gasteiger partial charge on any atom is -0.374 e. The van der Waals surface area contributed by atoms with Gasteiger partial charge in [0.1, 0.15) is 0 Å². The largest absolute Gasteiger partial charge is 0.374 e. The fraction of sp³-hybridized carbons (Fsp3) is 0.500. The van der Waals surface area contributed by atoms with E-state index in [0.29, 0.717) is 25.6 Å². The van der Waals surface area contributed by atoms with E-state index in [1.807, 2.05) is 19.9 Å². The molecular formula is C20H31IN4O2. The Morgan fingerprint density at radius 1 is 1.07 bits per heavy atom. The number of hydrogen-bond acceptors (Lipinski definition) is 4. The van der Waals surface area contributed by atoms with Crippen LogP contribution in [0.25, 0.3) is 0 Å². The van der Waals surface area contributed by atoms with Crippen LogP contribution in [0.2, 0.25) is 0 Å². The van der Waals surface area contributed by atoms with E-state index >= 15 is 0 Å². The van der Waals surface area contributed by atoms with Crippen molar-refractivity contribution in [3.05, 3.63) is 52.9 Å². The zero-order chi connectivity index (χ0) is 18.9. The maximum Gasteiger partial charge on any atom is 0.191 e. The third kappa shape index (κ3) is 8.30. The van der Waals surface area contributed by atoms with Gasteiger partial charge in [-0.1, -0.05) is 43.3 Å². The zero-order valence-corrected chi connectivity index (χ0v) is 19.1. The van der Waals surface area contributed by atoms with E-state index in [-0.39, 0.29) is 30.1 Å². The topological polar surface area (TPSA) is 71.7 Å². The van der Waals surface area contributed by atoms with Crippen LogP contribution in [0, 0.1) is 0 Å². The lowest BCUT2D eigenvalue weighted by molar-refractivity contribution is 0.0657. The zero-order valence-electron chi connectivity index (χ0n) is 16.8. The molecule has 27 heavy (non-hydrogen) atoms. The Morgan fingerprint density at radius 3 is 2.26 bits per heavy atom. The standard InChI is InChI=1S/C20H30N4O2.HI/c1-14(2)19-10-18(26-24-19)12-23-20(21-5)22-11-16-6-8-17(9-7-16)13-25-15(3)4;/h6-10,14-15H,11-13H2,1-5H3,(H2,21,22,23);1H. The molecular weight excluding hydrogens is 455 g/mol. The van der Waals surface area contributed by atoms with Crippen LogP contribution in [0.15, 0.2) is 39.8 Å². The molecule has 0 aliphatic heterocycles. The molecule has 0 fully saturated rings. The summed E-state index contributed by atoms with van der Waals surface area (Å²) in [5, 5.41) is 10.6. The third-order valence-corrected chi connectivity index (χ3v) is 3.89. The second-order valence-corrected chi connectivity index (χ2v) is 6.83. The Labute approximate surface area is 179 Å². The van der Waals surface area contributed by atoms with Crippen molar-refractivity contribution in [2.75, 3.05) is 7.05 Å². The van der Waals surface area contributed by atoms with Crippen molar-refractivity contribution in [3.8, 4) is 0 Å². The molecule has 1 aromatic carbocycles. The predicted molar refractivity (Wildman–Crippen MR) is 119 cm³/mol. The van der Waals surface area contributed by atoms with E-state index < -0.39 is 0 Å². The quantitative estimate of drug-likeness (QED) is 0.333. The molecule has 0 saturated heterocycles. The molecule has 6 nitrogen and oxygen atoms in total. The van der Waals surface area contributed by atoms with Crippen molar-refractivity contribution in [1.29, 1.82) is 0 Å². The first-order valence-corrected chi connectivity index (χ1v) is 9.07. The molecule has 0 aliphatic rings. The molecule has 0 amide bonds. The van der Waals surface area contributed by atoms with Crippen LogP contribution >= 0.6 is 24.0 Å². The summed E-state index contributed by atoms with van der Waals surface area (Å²) in [4.78, 5) is 4.24. The number of benzene rings is 1. The van der Waals surface area contributed by atoms with E-state index in [1.54, 1.807) is 7.05 Å². The second kappa shape index (κ2) is 12.0. The lowest BCUT2D eigenvalue weighted by atomic mass is 10.1. The van der Waals surface area contributed by atoms with Gasteiger partial charge in [0.05, 0.1) is 24.9 Å². The minimum atomic E-state index is 0. The van der Waals surface area contributed by atoms with Gasteiger partial charge in [0, 0.05) is 19.7 Å². The Hall–Kier alpha value is -1.61. The monoisotopic (exact) mass is 486 g/mol. The highest BCUT2D eigenvalue weighted by atomic mass is 127. The fourth-order valence-corrected chi connectivity index (χ4v) is 2.28. The Morgan fingerprint density at radius 2 is 1.70 bits per heavy atom. The molecule has 0 bridgehead atoms. The highest BCUT2D eigenvalue weighted by Gasteiger charge is 2.08. The van der Waals surface area contributed by atoms with E-state index in [1.165, 1.54) is 11.1 Å². The van der Waals surface area contributed by atoms with E-state index in [0.717, 1.165) is 17.4 Å². The third-order valence-electron chi connectivity index (χ3n) is 3.89. The normalized spacial score (nSPS) is 11.6. The first kappa shape index (κ1) is 23.4. The molecule has 0 spiro atoms. The van der Waals surface area contributed by atoms with Crippen molar-refractivity contribution in [2.45, 2.75) is 59.4 Å². The molecule has 2 rings (SSSR count).